The fourth-order valence-electron chi connectivity index (χ4n) is 2.64. The third-order valence-electron chi connectivity index (χ3n) is 4.02. The highest BCUT2D eigenvalue weighted by Gasteiger charge is 2.26. The molecule has 5 heteroatoms. The number of carbonyl (C=O) groups excluding carboxylic acids is 1. The molecule has 0 aromatic heterocycles. The van der Waals surface area contributed by atoms with E-state index in [1.807, 2.05) is 25.2 Å². The van der Waals surface area contributed by atoms with Crippen LogP contribution in [0.5, 0.6) is 5.75 Å². The van der Waals surface area contributed by atoms with Gasteiger partial charge in [0.05, 0.1) is 11.6 Å². The molecule has 116 valence electrons. The van der Waals surface area contributed by atoms with Crippen molar-refractivity contribution in [1.82, 2.24) is 4.90 Å². The average molecular weight is 311 g/mol. The minimum absolute atomic E-state index is 0.120. The Labute approximate surface area is 131 Å². The van der Waals surface area contributed by atoms with Crippen molar-refractivity contribution in [2.24, 2.45) is 11.7 Å². The highest BCUT2D eigenvalue weighted by molar-refractivity contribution is 6.32. The Hall–Kier alpha value is -1.26. The zero-order valence-electron chi connectivity index (χ0n) is 12.4. The Morgan fingerprint density at radius 2 is 2.00 bits per heavy atom. The minimum Gasteiger partial charge on any atom is -0.490 e. The van der Waals surface area contributed by atoms with Crippen LogP contribution in [0.4, 0.5) is 0 Å². The number of para-hydroxylation sites is 1. The van der Waals surface area contributed by atoms with Crippen LogP contribution < -0.4 is 10.5 Å². The number of ether oxygens (including phenoxy) is 1. The van der Waals surface area contributed by atoms with Gasteiger partial charge in [0, 0.05) is 19.0 Å². The van der Waals surface area contributed by atoms with E-state index in [2.05, 4.69) is 0 Å². The van der Waals surface area contributed by atoms with E-state index >= 15 is 0 Å². The van der Waals surface area contributed by atoms with Gasteiger partial charge in [0.15, 0.2) is 0 Å². The average Bonchev–Trinajstić information content (AvgIpc) is 2.49. The number of nitrogens with zero attached hydrogens (tertiary/aromatic N) is 1. The number of hydrogen-bond donors (Lipinski definition) is 1. The smallest absolute Gasteiger partial charge is 0.225 e. The third kappa shape index (κ3) is 4.61. The van der Waals surface area contributed by atoms with E-state index in [4.69, 9.17) is 22.1 Å². The van der Waals surface area contributed by atoms with Gasteiger partial charge in [-0.15, -0.1) is 0 Å². The molecule has 0 heterocycles. The second-order valence-electron chi connectivity index (χ2n) is 5.65. The summed E-state index contributed by atoms with van der Waals surface area (Å²) in [5.74, 6) is 0.975. The van der Waals surface area contributed by atoms with Crippen LogP contribution in [0, 0.1) is 5.92 Å². The molecule has 0 unspecified atom stereocenters. The topological polar surface area (TPSA) is 55.6 Å². The molecule has 2 N–H and O–H groups in total. The molecular weight excluding hydrogens is 288 g/mol. The van der Waals surface area contributed by atoms with Gasteiger partial charge in [-0.05, 0) is 37.8 Å². The van der Waals surface area contributed by atoms with Crippen molar-refractivity contribution in [3.05, 3.63) is 29.3 Å². The number of benzene rings is 1. The van der Waals surface area contributed by atoms with Gasteiger partial charge in [0.2, 0.25) is 5.91 Å². The van der Waals surface area contributed by atoms with Gasteiger partial charge in [0.25, 0.3) is 0 Å². The summed E-state index contributed by atoms with van der Waals surface area (Å²) >= 11 is 6.02. The summed E-state index contributed by atoms with van der Waals surface area (Å²) in [5.41, 5.74) is 5.87. The molecule has 1 saturated carbocycles. The summed E-state index contributed by atoms with van der Waals surface area (Å²) in [7, 11) is 1.83. The highest BCUT2D eigenvalue weighted by Crippen LogP contribution is 2.25. The molecule has 0 radical (unpaired) electrons. The van der Waals surface area contributed by atoms with Crippen LogP contribution in [-0.2, 0) is 4.79 Å². The first kappa shape index (κ1) is 16.1. The largest absolute Gasteiger partial charge is 0.490 e. The van der Waals surface area contributed by atoms with E-state index in [1.54, 1.807) is 11.0 Å². The van der Waals surface area contributed by atoms with E-state index in [9.17, 15) is 4.79 Å². The molecule has 1 aromatic rings. The van der Waals surface area contributed by atoms with Crippen LogP contribution >= 0.6 is 11.6 Å². The normalized spacial score (nSPS) is 21.9. The predicted octanol–water partition coefficient (Wildman–Crippen LogP) is 2.69. The van der Waals surface area contributed by atoms with E-state index in [0.29, 0.717) is 23.9 Å². The second-order valence-corrected chi connectivity index (χ2v) is 6.06. The lowest BCUT2D eigenvalue weighted by Crippen LogP contribution is -2.39. The number of hydrogen-bond acceptors (Lipinski definition) is 3. The van der Waals surface area contributed by atoms with Crippen LogP contribution in [0.1, 0.15) is 25.7 Å². The summed E-state index contributed by atoms with van der Waals surface area (Å²) in [6.07, 6.45) is 3.69. The van der Waals surface area contributed by atoms with Crippen molar-refractivity contribution in [2.75, 3.05) is 20.2 Å². The molecule has 1 aliphatic carbocycles. The Morgan fingerprint density at radius 1 is 1.33 bits per heavy atom. The summed E-state index contributed by atoms with van der Waals surface area (Å²) < 4.78 is 5.62. The monoisotopic (exact) mass is 310 g/mol. The first-order valence-electron chi connectivity index (χ1n) is 7.46. The Balaban J connectivity index is 1.75. The van der Waals surface area contributed by atoms with Gasteiger partial charge in [-0.1, -0.05) is 23.7 Å². The van der Waals surface area contributed by atoms with Gasteiger partial charge in [-0.3, -0.25) is 4.79 Å². The Bertz CT molecular complexity index is 473. The van der Waals surface area contributed by atoms with E-state index in [-0.39, 0.29) is 17.9 Å². The summed E-state index contributed by atoms with van der Waals surface area (Å²) in [4.78, 5) is 14.1. The number of nitrogens with two attached hydrogens (primary N) is 1. The number of amides is 1. The van der Waals surface area contributed by atoms with Crippen molar-refractivity contribution in [3.8, 4) is 5.75 Å². The molecule has 0 saturated heterocycles. The molecule has 0 spiro atoms. The number of carbonyl (C=O) groups is 1. The molecule has 0 bridgehead atoms. The summed E-state index contributed by atoms with van der Waals surface area (Å²) in [5, 5.41) is 0.591. The number of likely N-dealkylation sites (N-methyl/N-ethyl adjacent to an activating group) is 1. The van der Waals surface area contributed by atoms with Crippen LogP contribution in [0.25, 0.3) is 0 Å². The summed E-state index contributed by atoms with van der Waals surface area (Å²) in [6, 6.07) is 7.62. The highest BCUT2D eigenvalue weighted by atomic mass is 35.5. The maximum Gasteiger partial charge on any atom is 0.225 e. The second kappa shape index (κ2) is 7.66. The maximum absolute atomic E-state index is 12.3. The number of rotatable bonds is 5. The zero-order valence-corrected chi connectivity index (χ0v) is 13.2. The third-order valence-corrected chi connectivity index (χ3v) is 4.33. The lowest BCUT2D eigenvalue weighted by molar-refractivity contribution is -0.135. The van der Waals surface area contributed by atoms with Gasteiger partial charge in [0.1, 0.15) is 12.4 Å². The summed E-state index contributed by atoms with van der Waals surface area (Å²) in [6.45, 7) is 1.00. The van der Waals surface area contributed by atoms with Gasteiger partial charge < -0.3 is 15.4 Å². The number of halogens is 1. The van der Waals surface area contributed by atoms with E-state index in [1.165, 1.54) is 0 Å². The van der Waals surface area contributed by atoms with Crippen LogP contribution in [0.15, 0.2) is 24.3 Å². The van der Waals surface area contributed by atoms with Gasteiger partial charge in [-0.25, -0.2) is 0 Å². The van der Waals surface area contributed by atoms with Crippen molar-refractivity contribution in [2.45, 2.75) is 31.7 Å². The fourth-order valence-corrected chi connectivity index (χ4v) is 2.83. The molecule has 1 amide bonds. The first-order chi connectivity index (χ1) is 10.1. The zero-order chi connectivity index (χ0) is 15.2. The molecular formula is C16H23ClN2O2. The van der Waals surface area contributed by atoms with Crippen molar-refractivity contribution >= 4 is 17.5 Å². The molecule has 1 aliphatic rings. The Kier molecular flexibility index (Phi) is 5.88. The van der Waals surface area contributed by atoms with Crippen molar-refractivity contribution < 1.29 is 9.53 Å². The maximum atomic E-state index is 12.3. The van der Waals surface area contributed by atoms with Gasteiger partial charge >= 0.3 is 0 Å². The van der Waals surface area contributed by atoms with E-state index in [0.717, 1.165) is 25.7 Å². The molecule has 21 heavy (non-hydrogen) atoms. The molecule has 1 aromatic carbocycles. The van der Waals surface area contributed by atoms with Crippen molar-refractivity contribution in [1.29, 1.82) is 0 Å². The minimum atomic E-state index is 0.120. The van der Waals surface area contributed by atoms with E-state index < -0.39 is 0 Å². The molecule has 0 atom stereocenters. The molecule has 1 fully saturated rings. The van der Waals surface area contributed by atoms with Gasteiger partial charge in [-0.2, -0.15) is 0 Å². The lowest BCUT2D eigenvalue weighted by Gasteiger charge is -2.29. The molecule has 2 rings (SSSR count). The fraction of sp³-hybridized carbons (Fsp3) is 0.562. The van der Waals surface area contributed by atoms with Crippen molar-refractivity contribution in [3.63, 3.8) is 0 Å². The molecule has 0 aliphatic heterocycles. The standard InChI is InChI=1S/C16H23ClN2O2/c1-19(16(20)12-6-8-13(18)9-7-12)10-11-21-15-5-3-2-4-14(15)17/h2-5,12-13H,6-11,18H2,1H3. The van der Waals surface area contributed by atoms with Crippen LogP contribution in [-0.4, -0.2) is 37.0 Å². The van der Waals surface area contributed by atoms with Crippen LogP contribution in [0.3, 0.4) is 0 Å². The quantitative estimate of drug-likeness (QED) is 0.909. The first-order valence-corrected chi connectivity index (χ1v) is 7.83. The predicted molar refractivity (Wildman–Crippen MR) is 84.5 cm³/mol. The van der Waals surface area contributed by atoms with Crippen LogP contribution in [0.2, 0.25) is 5.02 Å². The lowest BCUT2D eigenvalue weighted by atomic mass is 9.85. The molecule has 4 nitrogen and oxygen atoms in total. The SMILES string of the molecule is CN(CCOc1ccccc1Cl)C(=O)C1CCC(N)CC1. The Morgan fingerprint density at radius 3 is 2.67 bits per heavy atom.